The Morgan fingerprint density at radius 2 is 2.19 bits per heavy atom. The summed E-state index contributed by atoms with van der Waals surface area (Å²) in [5.41, 5.74) is 1.87. The van der Waals surface area contributed by atoms with E-state index in [-0.39, 0.29) is 5.69 Å². The Labute approximate surface area is 89.3 Å². The molecule has 0 aliphatic carbocycles. The Hall–Kier alpha value is -2.37. The minimum Gasteiger partial charge on any atom is -0.334 e. The number of nitrogens with zero attached hydrogens (tertiary/aromatic N) is 2. The van der Waals surface area contributed by atoms with Gasteiger partial charge < -0.3 is 14.5 Å². The summed E-state index contributed by atoms with van der Waals surface area (Å²) in [6.07, 6.45) is 0. The molecule has 0 spiro atoms. The van der Waals surface area contributed by atoms with E-state index in [0.717, 1.165) is 11.1 Å². The molecular formula is C10H8N4O2. The lowest BCUT2D eigenvalue weighted by molar-refractivity contribution is 0.426. The average molecular weight is 216 g/mol. The Kier molecular flexibility index (Phi) is 1.70. The zero-order valence-electron chi connectivity index (χ0n) is 8.44. The standard InChI is InChI=1S/C10H8N4O2/c1-5-11-9(16-14-5)6-3-2-4-7-8(6)13-10(15)12-7/h2-4H,1H3,(H2,12,13,15). The normalized spacial score (nSPS) is 11.1. The van der Waals surface area contributed by atoms with Crippen molar-refractivity contribution in [1.82, 2.24) is 20.1 Å². The first kappa shape index (κ1) is 8.90. The quantitative estimate of drug-likeness (QED) is 0.640. The van der Waals surface area contributed by atoms with Crippen molar-refractivity contribution < 1.29 is 4.52 Å². The van der Waals surface area contributed by atoms with Crippen molar-refractivity contribution in [3.63, 3.8) is 0 Å². The maximum atomic E-state index is 11.2. The smallest absolute Gasteiger partial charge is 0.323 e. The van der Waals surface area contributed by atoms with Gasteiger partial charge in [-0.25, -0.2) is 4.79 Å². The molecule has 0 unspecified atom stereocenters. The van der Waals surface area contributed by atoms with Crippen molar-refractivity contribution in [3.05, 3.63) is 34.5 Å². The van der Waals surface area contributed by atoms with Gasteiger partial charge in [0.05, 0.1) is 16.6 Å². The van der Waals surface area contributed by atoms with Crippen LogP contribution < -0.4 is 5.69 Å². The number of fused-ring (bicyclic) bond motifs is 1. The van der Waals surface area contributed by atoms with Gasteiger partial charge in [0.2, 0.25) is 0 Å². The molecule has 0 amide bonds. The molecule has 0 radical (unpaired) electrons. The van der Waals surface area contributed by atoms with Gasteiger partial charge in [0.25, 0.3) is 5.89 Å². The molecule has 2 aromatic heterocycles. The second kappa shape index (κ2) is 3.06. The summed E-state index contributed by atoms with van der Waals surface area (Å²) < 4.78 is 5.07. The molecule has 0 aliphatic rings. The predicted molar refractivity (Wildman–Crippen MR) is 56.9 cm³/mol. The lowest BCUT2D eigenvalue weighted by Crippen LogP contribution is -1.99. The van der Waals surface area contributed by atoms with E-state index in [4.69, 9.17) is 4.52 Å². The number of para-hydroxylation sites is 1. The SMILES string of the molecule is Cc1noc(-c2cccc3[nH]c(=O)[nH]c23)n1. The second-order valence-electron chi connectivity index (χ2n) is 3.45. The van der Waals surface area contributed by atoms with Crippen molar-refractivity contribution >= 4 is 11.0 Å². The number of nitrogens with one attached hydrogen (secondary N) is 2. The van der Waals surface area contributed by atoms with Gasteiger partial charge in [-0.15, -0.1) is 0 Å². The Balaban J connectivity index is 2.34. The molecule has 0 atom stereocenters. The Morgan fingerprint density at radius 1 is 1.31 bits per heavy atom. The molecule has 2 N–H and O–H groups in total. The van der Waals surface area contributed by atoms with Gasteiger partial charge in [-0.2, -0.15) is 4.98 Å². The van der Waals surface area contributed by atoms with Gasteiger partial charge in [-0.3, -0.25) is 0 Å². The molecule has 0 saturated carbocycles. The number of hydrogen-bond acceptors (Lipinski definition) is 4. The molecule has 0 aliphatic heterocycles. The topological polar surface area (TPSA) is 87.6 Å². The summed E-state index contributed by atoms with van der Waals surface area (Å²) in [7, 11) is 0. The van der Waals surface area contributed by atoms with Crippen molar-refractivity contribution in [2.45, 2.75) is 6.92 Å². The minimum absolute atomic E-state index is 0.251. The van der Waals surface area contributed by atoms with Crippen LogP contribution in [0.3, 0.4) is 0 Å². The first-order valence-electron chi connectivity index (χ1n) is 4.76. The highest BCUT2D eigenvalue weighted by molar-refractivity contribution is 5.88. The van der Waals surface area contributed by atoms with Gasteiger partial charge >= 0.3 is 5.69 Å². The molecule has 6 nitrogen and oxygen atoms in total. The highest BCUT2D eigenvalue weighted by Crippen LogP contribution is 2.23. The van der Waals surface area contributed by atoms with E-state index in [1.165, 1.54) is 0 Å². The third kappa shape index (κ3) is 1.23. The van der Waals surface area contributed by atoms with Crippen LogP contribution in [0, 0.1) is 6.92 Å². The van der Waals surface area contributed by atoms with Gasteiger partial charge in [0, 0.05) is 0 Å². The van der Waals surface area contributed by atoms with Gasteiger partial charge in [-0.05, 0) is 19.1 Å². The number of H-pyrrole nitrogens is 2. The first-order valence-corrected chi connectivity index (χ1v) is 4.76. The molecule has 0 fully saturated rings. The highest BCUT2D eigenvalue weighted by atomic mass is 16.5. The summed E-state index contributed by atoms with van der Waals surface area (Å²) >= 11 is 0. The number of benzene rings is 1. The molecule has 3 aromatic rings. The summed E-state index contributed by atoms with van der Waals surface area (Å²) in [6.45, 7) is 1.74. The van der Waals surface area contributed by atoms with Crippen molar-refractivity contribution in [3.8, 4) is 11.5 Å². The molecule has 1 aromatic carbocycles. The first-order chi connectivity index (χ1) is 7.74. The Morgan fingerprint density at radius 3 is 2.94 bits per heavy atom. The van der Waals surface area contributed by atoms with Crippen LogP contribution >= 0.6 is 0 Å². The molecule has 2 heterocycles. The largest absolute Gasteiger partial charge is 0.334 e. The van der Waals surface area contributed by atoms with Crippen molar-refractivity contribution in [2.24, 2.45) is 0 Å². The van der Waals surface area contributed by atoms with Crippen LogP contribution in [0.25, 0.3) is 22.5 Å². The van der Waals surface area contributed by atoms with Crippen LogP contribution in [0.5, 0.6) is 0 Å². The monoisotopic (exact) mass is 216 g/mol. The summed E-state index contributed by atoms with van der Waals surface area (Å²) in [4.78, 5) is 20.7. The van der Waals surface area contributed by atoms with Crippen LogP contribution in [-0.2, 0) is 0 Å². The van der Waals surface area contributed by atoms with Gasteiger partial charge in [0.15, 0.2) is 5.82 Å². The van der Waals surface area contributed by atoms with Crippen molar-refractivity contribution in [2.75, 3.05) is 0 Å². The number of aromatic nitrogens is 4. The van der Waals surface area contributed by atoms with Crippen LogP contribution in [-0.4, -0.2) is 20.1 Å². The number of aryl methyl sites for hydroxylation is 1. The molecule has 0 saturated heterocycles. The molecule has 6 heteroatoms. The fourth-order valence-electron chi connectivity index (χ4n) is 1.64. The molecular weight excluding hydrogens is 208 g/mol. The molecule has 0 bridgehead atoms. The van der Waals surface area contributed by atoms with E-state index < -0.39 is 0 Å². The second-order valence-corrected chi connectivity index (χ2v) is 3.45. The lowest BCUT2D eigenvalue weighted by Gasteiger charge is -1.95. The Bertz CT molecular complexity index is 707. The third-order valence-electron chi connectivity index (χ3n) is 2.31. The maximum absolute atomic E-state index is 11.2. The van der Waals surface area contributed by atoms with Crippen LogP contribution in [0.15, 0.2) is 27.5 Å². The summed E-state index contributed by atoms with van der Waals surface area (Å²) in [5.74, 6) is 0.961. The van der Waals surface area contributed by atoms with E-state index in [1.807, 2.05) is 12.1 Å². The van der Waals surface area contributed by atoms with Gasteiger partial charge in [-0.1, -0.05) is 11.2 Å². The number of rotatable bonds is 1. The third-order valence-corrected chi connectivity index (χ3v) is 2.31. The van der Waals surface area contributed by atoms with E-state index in [1.54, 1.807) is 13.0 Å². The van der Waals surface area contributed by atoms with Crippen LogP contribution in [0.4, 0.5) is 0 Å². The predicted octanol–water partition coefficient (Wildman–Crippen LogP) is 1.21. The number of imidazole rings is 1. The fourth-order valence-corrected chi connectivity index (χ4v) is 1.64. The summed E-state index contributed by atoms with van der Waals surface area (Å²) in [6, 6.07) is 5.44. The van der Waals surface area contributed by atoms with E-state index in [0.29, 0.717) is 17.2 Å². The lowest BCUT2D eigenvalue weighted by atomic mass is 10.2. The molecule has 16 heavy (non-hydrogen) atoms. The van der Waals surface area contributed by atoms with E-state index in [9.17, 15) is 4.79 Å². The number of aromatic amines is 2. The molecule has 3 rings (SSSR count). The van der Waals surface area contributed by atoms with E-state index >= 15 is 0 Å². The minimum atomic E-state index is -0.251. The van der Waals surface area contributed by atoms with Crippen molar-refractivity contribution in [1.29, 1.82) is 0 Å². The molecule has 80 valence electrons. The van der Waals surface area contributed by atoms with Crippen LogP contribution in [0.2, 0.25) is 0 Å². The van der Waals surface area contributed by atoms with Crippen LogP contribution in [0.1, 0.15) is 5.82 Å². The summed E-state index contributed by atoms with van der Waals surface area (Å²) in [5, 5.41) is 3.72. The zero-order chi connectivity index (χ0) is 11.1. The zero-order valence-corrected chi connectivity index (χ0v) is 8.44. The highest BCUT2D eigenvalue weighted by Gasteiger charge is 2.11. The van der Waals surface area contributed by atoms with Gasteiger partial charge in [0.1, 0.15) is 0 Å². The number of hydrogen-bond donors (Lipinski definition) is 2. The maximum Gasteiger partial charge on any atom is 0.323 e. The fraction of sp³-hybridized carbons (Fsp3) is 0.100. The average Bonchev–Trinajstić information content (AvgIpc) is 2.82. The van der Waals surface area contributed by atoms with E-state index in [2.05, 4.69) is 20.1 Å².